The number of hydrogen-bond acceptors (Lipinski definition) is 2. The number of unbranched alkanes of at least 4 members (excludes halogenated alkanes) is 3. The van der Waals surface area contributed by atoms with Gasteiger partial charge in [0, 0.05) is 6.42 Å². The fourth-order valence-electron chi connectivity index (χ4n) is 2.18. The van der Waals surface area contributed by atoms with E-state index in [0.717, 1.165) is 24.2 Å². The van der Waals surface area contributed by atoms with Crippen LogP contribution in [0.25, 0.3) is 0 Å². The normalized spacial score (nSPS) is 10.4. The Kier molecular flexibility index (Phi) is 7.01. The molecule has 1 rings (SSSR count). The van der Waals surface area contributed by atoms with Crippen LogP contribution in [0, 0.1) is 0 Å². The molecule has 0 aliphatic rings. The van der Waals surface area contributed by atoms with E-state index >= 15 is 0 Å². The van der Waals surface area contributed by atoms with Gasteiger partial charge in [-0.25, -0.2) is 0 Å². The van der Waals surface area contributed by atoms with E-state index in [0.29, 0.717) is 6.42 Å². The molecule has 0 amide bonds. The van der Waals surface area contributed by atoms with Gasteiger partial charge in [-0.1, -0.05) is 38.3 Å². The number of hydrogen-bond donors (Lipinski definition) is 1. The molecule has 1 N–H and O–H groups in total. The molecule has 0 bridgehead atoms. The summed E-state index contributed by atoms with van der Waals surface area (Å²) in [6.07, 6.45) is 6.66. The fourth-order valence-corrected chi connectivity index (χ4v) is 2.18. The average molecular weight is 264 g/mol. The molecule has 3 heteroatoms. The van der Waals surface area contributed by atoms with E-state index in [9.17, 15) is 4.79 Å². The van der Waals surface area contributed by atoms with Gasteiger partial charge in [-0.3, -0.25) is 4.79 Å². The zero-order chi connectivity index (χ0) is 14.1. The number of rotatable bonds is 9. The summed E-state index contributed by atoms with van der Waals surface area (Å²) in [6.45, 7) is 2.20. The van der Waals surface area contributed by atoms with Crippen molar-refractivity contribution in [3.63, 3.8) is 0 Å². The Morgan fingerprint density at radius 2 is 2.00 bits per heavy atom. The lowest BCUT2D eigenvalue weighted by atomic mass is 10.0. The molecule has 0 spiro atoms. The van der Waals surface area contributed by atoms with Crippen LogP contribution in [-0.2, 0) is 17.6 Å². The second-order valence-corrected chi connectivity index (χ2v) is 4.85. The van der Waals surface area contributed by atoms with Crippen molar-refractivity contribution in [1.82, 2.24) is 0 Å². The molecule has 0 saturated heterocycles. The van der Waals surface area contributed by atoms with Crippen molar-refractivity contribution in [3.8, 4) is 5.75 Å². The number of benzene rings is 1. The Morgan fingerprint density at radius 1 is 1.21 bits per heavy atom. The monoisotopic (exact) mass is 264 g/mol. The molecule has 0 fully saturated rings. The van der Waals surface area contributed by atoms with Crippen LogP contribution in [0.1, 0.15) is 50.2 Å². The molecule has 0 unspecified atom stereocenters. The molecule has 0 heterocycles. The van der Waals surface area contributed by atoms with Gasteiger partial charge in [-0.2, -0.15) is 0 Å². The Balaban J connectivity index is 2.63. The molecule has 19 heavy (non-hydrogen) atoms. The molecule has 1 aromatic carbocycles. The van der Waals surface area contributed by atoms with Crippen LogP contribution in [0.4, 0.5) is 0 Å². The highest BCUT2D eigenvalue weighted by Crippen LogP contribution is 2.23. The summed E-state index contributed by atoms with van der Waals surface area (Å²) in [6, 6.07) is 6.00. The second kappa shape index (κ2) is 8.57. The third kappa shape index (κ3) is 5.77. The summed E-state index contributed by atoms with van der Waals surface area (Å²) in [5.41, 5.74) is 2.27. The van der Waals surface area contributed by atoms with Crippen LogP contribution in [0.3, 0.4) is 0 Å². The van der Waals surface area contributed by atoms with Gasteiger partial charge < -0.3 is 9.84 Å². The summed E-state index contributed by atoms with van der Waals surface area (Å²) in [5, 5.41) is 8.72. The van der Waals surface area contributed by atoms with E-state index in [1.165, 1.54) is 24.8 Å². The molecule has 0 aliphatic heterocycles. The lowest BCUT2D eigenvalue weighted by Crippen LogP contribution is -1.99. The van der Waals surface area contributed by atoms with Crippen molar-refractivity contribution in [1.29, 1.82) is 0 Å². The van der Waals surface area contributed by atoms with Crippen LogP contribution in [0.2, 0.25) is 0 Å². The average Bonchev–Trinajstić information content (AvgIpc) is 2.41. The molecule has 0 radical (unpaired) electrons. The summed E-state index contributed by atoms with van der Waals surface area (Å²) in [7, 11) is 1.68. The van der Waals surface area contributed by atoms with E-state index in [1.807, 2.05) is 12.1 Å². The van der Waals surface area contributed by atoms with Crippen LogP contribution in [-0.4, -0.2) is 18.2 Å². The molecule has 106 valence electrons. The minimum absolute atomic E-state index is 0.182. The summed E-state index contributed by atoms with van der Waals surface area (Å²) in [4.78, 5) is 10.6. The largest absolute Gasteiger partial charge is 0.496 e. The van der Waals surface area contributed by atoms with Gasteiger partial charge in [0.1, 0.15) is 5.75 Å². The number of carboxylic acids is 1. The molecule has 1 aromatic rings. The predicted molar refractivity (Wildman–Crippen MR) is 76.8 cm³/mol. The summed E-state index contributed by atoms with van der Waals surface area (Å²) in [5.74, 6) is 0.163. The first-order valence-corrected chi connectivity index (χ1v) is 7.05. The molecular weight excluding hydrogens is 240 g/mol. The standard InChI is InChI=1S/C16H24O3/c1-3-4-5-6-7-14-12-13(9-11-16(17)18)8-10-15(14)19-2/h8,10,12H,3-7,9,11H2,1-2H3,(H,17,18). The molecule has 0 aromatic heterocycles. The minimum atomic E-state index is -0.750. The third-order valence-corrected chi connectivity index (χ3v) is 3.27. The molecule has 3 nitrogen and oxygen atoms in total. The number of carboxylic acid groups (broad SMARTS) is 1. The van der Waals surface area contributed by atoms with Gasteiger partial charge in [-0.05, 0) is 36.5 Å². The highest BCUT2D eigenvalue weighted by atomic mass is 16.5. The summed E-state index contributed by atoms with van der Waals surface area (Å²) >= 11 is 0. The first-order valence-electron chi connectivity index (χ1n) is 7.05. The number of carbonyl (C=O) groups is 1. The van der Waals surface area contributed by atoms with Gasteiger partial charge in [0.25, 0.3) is 0 Å². The minimum Gasteiger partial charge on any atom is -0.496 e. The topological polar surface area (TPSA) is 46.5 Å². The zero-order valence-electron chi connectivity index (χ0n) is 11.9. The maximum atomic E-state index is 10.6. The van der Waals surface area contributed by atoms with E-state index in [2.05, 4.69) is 13.0 Å². The number of aryl methyl sites for hydroxylation is 2. The Morgan fingerprint density at radius 3 is 2.63 bits per heavy atom. The van der Waals surface area contributed by atoms with Crippen molar-refractivity contribution in [3.05, 3.63) is 29.3 Å². The Bertz CT molecular complexity index is 399. The van der Waals surface area contributed by atoms with Gasteiger partial charge >= 0.3 is 5.97 Å². The number of ether oxygens (including phenoxy) is 1. The molecule has 0 atom stereocenters. The Labute approximate surface area is 115 Å². The third-order valence-electron chi connectivity index (χ3n) is 3.27. The Hall–Kier alpha value is -1.51. The maximum absolute atomic E-state index is 10.6. The van der Waals surface area contributed by atoms with Crippen LogP contribution < -0.4 is 4.74 Å². The number of methoxy groups -OCH3 is 1. The van der Waals surface area contributed by atoms with E-state index in [-0.39, 0.29) is 6.42 Å². The zero-order valence-corrected chi connectivity index (χ0v) is 11.9. The lowest BCUT2D eigenvalue weighted by molar-refractivity contribution is -0.136. The summed E-state index contributed by atoms with van der Waals surface area (Å²) < 4.78 is 5.37. The maximum Gasteiger partial charge on any atom is 0.303 e. The van der Waals surface area contributed by atoms with Gasteiger partial charge in [0.15, 0.2) is 0 Å². The first-order chi connectivity index (χ1) is 9.17. The van der Waals surface area contributed by atoms with Gasteiger partial charge in [0.05, 0.1) is 7.11 Å². The second-order valence-electron chi connectivity index (χ2n) is 4.85. The lowest BCUT2D eigenvalue weighted by Gasteiger charge is -2.10. The smallest absolute Gasteiger partial charge is 0.303 e. The van der Waals surface area contributed by atoms with Crippen molar-refractivity contribution in [2.75, 3.05) is 7.11 Å². The first kappa shape index (κ1) is 15.5. The molecule has 0 aliphatic carbocycles. The van der Waals surface area contributed by atoms with E-state index in [4.69, 9.17) is 9.84 Å². The number of aliphatic carboxylic acids is 1. The highest BCUT2D eigenvalue weighted by Gasteiger charge is 2.06. The quantitative estimate of drug-likeness (QED) is 0.689. The SMILES string of the molecule is CCCCCCc1cc(CCC(=O)O)ccc1OC. The highest BCUT2D eigenvalue weighted by molar-refractivity contribution is 5.67. The van der Waals surface area contributed by atoms with Crippen molar-refractivity contribution >= 4 is 5.97 Å². The van der Waals surface area contributed by atoms with Gasteiger partial charge in [-0.15, -0.1) is 0 Å². The fraction of sp³-hybridized carbons (Fsp3) is 0.562. The van der Waals surface area contributed by atoms with Crippen molar-refractivity contribution in [2.24, 2.45) is 0 Å². The van der Waals surface area contributed by atoms with Crippen molar-refractivity contribution in [2.45, 2.75) is 51.9 Å². The van der Waals surface area contributed by atoms with Crippen LogP contribution in [0.5, 0.6) is 5.75 Å². The van der Waals surface area contributed by atoms with E-state index in [1.54, 1.807) is 7.11 Å². The van der Waals surface area contributed by atoms with Crippen molar-refractivity contribution < 1.29 is 14.6 Å². The van der Waals surface area contributed by atoms with Crippen LogP contribution in [0.15, 0.2) is 18.2 Å². The van der Waals surface area contributed by atoms with Crippen LogP contribution >= 0.6 is 0 Å². The molecule has 0 saturated carbocycles. The van der Waals surface area contributed by atoms with E-state index < -0.39 is 5.97 Å². The predicted octanol–water partition coefficient (Wildman–Crippen LogP) is 3.84. The molecular formula is C16H24O3. The van der Waals surface area contributed by atoms with Gasteiger partial charge in [0.2, 0.25) is 0 Å².